The molecule has 0 fully saturated rings. The molecule has 0 bridgehead atoms. The number of carbonyl (C=O) groups is 2. The summed E-state index contributed by atoms with van der Waals surface area (Å²) in [6, 6.07) is 8.22. The highest BCUT2D eigenvalue weighted by atomic mass is 16.6. The number of nitro groups is 1. The molecular weight excluding hydrogens is 396 g/mol. The molecule has 1 N–H and O–H groups in total. The molecule has 2 aromatic rings. The molecule has 2 rings (SSSR count). The predicted octanol–water partition coefficient (Wildman–Crippen LogP) is 2.65. The summed E-state index contributed by atoms with van der Waals surface area (Å²) in [6.07, 6.45) is 0. The van der Waals surface area contributed by atoms with Gasteiger partial charge in [-0.05, 0) is 31.2 Å². The maximum Gasteiger partial charge on any atom is 0.342 e. The van der Waals surface area contributed by atoms with E-state index in [4.69, 9.17) is 18.9 Å². The monoisotopic (exact) mass is 418 g/mol. The van der Waals surface area contributed by atoms with Crippen LogP contribution in [0.1, 0.15) is 28.9 Å². The van der Waals surface area contributed by atoms with Crippen LogP contribution in [-0.2, 0) is 9.53 Å². The fourth-order valence-electron chi connectivity index (χ4n) is 2.72. The minimum Gasteiger partial charge on any atom is -0.497 e. The maximum absolute atomic E-state index is 12.3. The molecule has 10 heteroatoms. The molecule has 1 unspecified atom stereocenters. The topological polar surface area (TPSA) is 126 Å². The average molecular weight is 418 g/mol. The average Bonchev–Trinajstić information content (AvgIpc) is 2.76. The third-order valence-corrected chi connectivity index (χ3v) is 4.23. The number of amides is 1. The first-order chi connectivity index (χ1) is 14.3. The quantitative estimate of drug-likeness (QED) is 0.374. The standard InChI is InChI=1S/C20H22N2O8/c1-12(15-10-14(27-2)6-8-17(15)28-3)21-19(23)11-30-20(24)16-9-13(22(25)26)5-7-18(16)29-4/h5-10,12H,11H2,1-4H3,(H,21,23). The van der Waals surface area contributed by atoms with E-state index in [-0.39, 0.29) is 17.0 Å². The number of methoxy groups -OCH3 is 3. The van der Waals surface area contributed by atoms with Gasteiger partial charge in [0.05, 0.1) is 32.3 Å². The Balaban J connectivity index is 2.05. The van der Waals surface area contributed by atoms with Crippen molar-refractivity contribution < 1.29 is 33.5 Å². The zero-order valence-corrected chi connectivity index (χ0v) is 17.0. The summed E-state index contributed by atoms with van der Waals surface area (Å²) >= 11 is 0. The summed E-state index contributed by atoms with van der Waals surface area (Å²) in [4.78, 5) is 34.8. The molecule has 0 aromatic heterocycles. The second-order valence-corrected chi connectivity index (χ2v) is 6.11. The fourth-order valence-corrected chi connectivity index (χ4v) is 2.72. The number of non-ortho nitro benzene ring substituents is 1. The van der Waals surface area contributed by atoms with Gasteiger partial charge in [-0.25, -0.2) is 4.79 Å². The van der Waals surface area contributed by atoms with E-state index in [1.807, 2.05) is 0 Å². The molecule has 2 aromatic carbocycles. The van der Waals surface area contributed by atoms with Crippen molar-refractivity contribution in [3.8, 4) is 17.2 Å². The first kappa shape index (κ1) is 22.5. The lowest BCUT2D eigenvalue weighted by Crippen LogP contribution is -2.31. The van der Waals surface area contributed by atoms with Gasteiger partial charge in [0.1, 0.15) is 22.8 Å². The lowest BCUT2D eigenvalue weighted by molar-refractivity contribution is -0.384. The van der Waals surface area contributed by atoms with E-state index in [1.165, 1.54) is 33.5 Å². The van der Waals surface area contributed by atoms with E-state index in [0.717, 1.165) is 6.07 Å². The van der Waals surface area contributed by atoms with Gasteiger partial charge in [-0.3, -0.25) is 14.9 Å². The van der Waals surface area contributed by atoms with Crippen LogP contribution in [0, 0.1) is 10.1 Å². The number of nitrogens with zero attached hydrogens (tertiary/aromatic N) is 1. The van der Waals surface area contributed by atoms with Crippen molar-refractivity contribution in [2.75, 3.05) is 27.9 Å². The Morgan fingerprint density at radius 2 is 1.70 bits per heavy atom. The van der Waals surface area contributed by atoms with Crippen molar-refractivity contribution in [2.24, 2.45) is 0 Å². The van der Waals surface area contributed by atoms with Crippen LogP contribution in [0.3, 0.4) is 0 Å². The van der Waals surface area contributed by atoms with Crippen molar-refractivity contribution in [3.63, 3.8) is 0 Å². The van der Waals surface area contributed by atoms with Crippen LogP contribution in [0.5, 0.6) is 17.2 Å². The van der Waals surface area contributed by atoms with E-state index >= 15 is 0 Å². The molecule has 160 valence electrons. The number of rotatable bonds is 9. The Kier molecular flexibility index (Phi) is 7.56. The number of ether oxygens (including phenoxy) is 4. The van der Waals surface area contributed by atoms with Crippen LogP contribution >= 0.6 is 0 Å². The molecule has 0 aliphatic carbocycles. The number of hydrogen-bond acceptors (Lipinski definition) is 8. The van der Waals surface area contributed by atoms with Crippen LogP contribution in [0.2, 0.25) is 0 Å². The van der Waals surface area contributed by atoms with E-state index in [0.29, 0.717) is 17.1 Å². The van der Waals surface area contributed by atoms with Gasteiger partial charge in [-0.15, -0.1) is 0 Å². The molecule has 0 aliphatic heterocycles. The van der Waals surface area contributed by atoms with Crippen molar-refractivity contribution in [1.82, 2.24) is 5.32 Å². The zero-order chi connectivity index (χ0) is 22.3. The van der Waals surface area contributed by atoms with E-state index in [2.05, 4.69) is 5.32 Å². The van der Waals surface area contributed by atoms with E-state index in [9.17, 15) is 19.7 Å². The molecule has 30 heavy (non-hydrogen) atoms. The minimum atomic E-state index is -0.919. The first-order valence-corrected chi connectivity index (χ1v) is 8.81. The normalized spacial score (nSPS) is 11.2. The summed E-state index contributed by atoms with van der Waals surface area (Å²) < 4.78 is 20.5. The van der Waals surface area contributed by atoms with Crippen LogP contribution in [0.4, 0.5) is 5.69 Å². The number of esters is 1. The lowest BCUT2D eigenvalue weighted by atomic mass is 10.1. The number of benzene rings is 2. The largest absolute Gasteiger partial charge is 0.497 e. The SMILES string of the molecule is COc1ccc(OC)c(C(C)NC(=O)COC(=O)c2cc([N+](=O)[O-])ccc2OC)c1. The molecule has 0 heterocycles. The first-order valence-electron chi connectivity index (χ1n) is 8.81. The summed E-state index contributed by atoms with van der Waals surface area (Å²) in [6.45, 7) is 1.15. The fraction of sp³-hybridized carbons (Fsp3) is 0.300. The molecule has 0 aliphatic rings. The molecule has 0 spiro atoms. The van der Waals surface area contributed by atoms with Crippen LogP contribution in [0.15, 0.2) is 36.4 Å². The van der Waals surface area contributed by atoms with Gasteiger partial charge in [0.2, 0.25) is 0 Å². The molecule has 0 radical (unpaired) electrons. The van der Waals surface area contributed by atoms with Gasteiger partial charge < -0.3 is 24.3 Å². The molecule has 10 nitrogen and oxygen atoms in total. The summed E-state index contributed by atoms with van der Waals surface area (Å²) in [7, 11) is 4.35. The van der Waals surface area contributed by atoms with Crippen molar-refractivity contribution in [1.29, 1.82) is 0 Å². The Hall–Kier alpha value is -3.82. The smallest absolute Gasteiger partial charge is 0.342 e. The van der Waals surface area contributed by atoms with E-state index in [1.54, 1.807) is 25.1 Å². The highest BCUT2D eigenvalue weighted by Crippen LogP contribution is 2.29. The molecular formula is C20H22N2O8. The van der Waals surface area contributed by atoms with Gasteiger partial charge in [-0.1, -0.05) is 0 Å². The third-order valence-electron chi connectivity index (χ3n) is 4.23. The summed E-state index contributed by atoms with van der Waals surface area (Å²) in [5.41, 5.74) is 0.227. The summed E-state index contributed by atoms with van der Waals surface area (Å²) in [5, 5.41) is 13.6. The summed E-state index contributed by atoms with van der Waals surface area (Å²) in [5.74, 6) is -0.235. The highest BCUT2D eigenvalue weighted by molar-refractivity contribution is 5.94. The van der Waals surface area contributed by atoms with Crippen molar-refractivity contribution in [2.45, 2.75) is 13.0 Å². The van der Waals surface area contributed by atoms with Crippen LogP contribution < -0.4 is 19.5 Å². The third kappa shape index (κ3) is 5.37. The van der Waals surface area contributed by atoms with E-state index < -0.39 is 29.4 Å². The van der Waals surface area contributed by atoms with Crippen molar-refractivity contribution in [3.05, 3.63) is 57.6 Å². The number of carbonyl (C=O) groups excluding carboxylic acids is 2. The Labute approximate surface area is 172 Å². The molecule has 0 saturated carbocycles. The van der Waals surface area contributed by atoms with Crippen LogP contribution in [-0.4, -0.2) is 44.7 Å². The highest BCUT2D eigenvalue weighted by Gasteiger charge is 2.21. The molecule has 1 atom stereocenters. The lowest BCUT2D eigenvalue weighted by Gasteiger charge is -2.18. The predicted molar refractivity (Wildman–Crippen MR) is 106 cm³/mol. The maximum atomic E-state index is 12.3. The van der Waals surface area contributed by atoms with Gasteiger partial charge in [0, 0.05) is 17.7 Å². The van der Waals surface area contributed by atoms with Gasteiger partial charge in [0.25, 0.3) is 11.6 Å². The van der Waals surface area contributed by atoms with Crippen LogP contribution in [0.25, 0.3) is 0 Å². The second kappa shape index (κ2) is 10.1. The molecule has 0 saturated heterocycles. The second-order valence-electron chi connectivity index (χ2n) is 6.11. The Morgan fingerprint density at radius 3 is 2.30 bits per heavy atom. The number of hydrogen-bond donors (Lipinski definition) is 1. The number of nitrogens with one attached hydrogen (secondary N) is 1. The van der Waals surface area contributed by atoms with Gasteiger partial charge >= 0.3 is 5.97 Å². The number of nitro benzene ring substituents is 1. The minimum absolute atomic E-state index is 0.0977. The Bertz CT molecular complexity index is 944. The van der Waals surface area contributed by atoms with Crippen molar-refractivity contribution >= 4 is 17.6 Å². The zero-order valence-electron chi connectivity index (χ0n) is 17.0. The van der Waals surface area contributed by atoms with Gasteiger partial charge in [0.15, 0.2) is 6.61 Å². The Morgan fingerprint density at radius 1 is 1.03 bits per heavy atom. The molecule has 1 amide bonds. The van der Waals surface area contributed by atoms with Gasteiger partial charge in [-0.2, -0.15) is 0 Å².